The molecule has 1 fully saturated rings. The Morgan fingerprint density at radius 3 is 2.52 bits per heavy atom. The molecule has 0 radical (unpaired) electrons. The SMILES string of the molecule is COc1ccc(S(=O)(=O)NC2CC2)cc1NC(=O)c1cc(C)c(C)s1. The molecule has 0 atom stereocenters. The topological polar surface area (TPSA) is 84.5 Å². The van der Waals surface area contributed by atoms with E-state index in [2.05, 4.69) is 10.0 Å². The minimum atomic E-state index is -3.60. The van der Waals surface area contributed by atoms with Crippen LogP contribution in [0.15, 0.2) is 29.2 Å². The number of methoxy groups -OCH3 is 1. The number of nitrogens with one attached hydrogen (secondary N) is 2. The fourth-order valence-corrected chi connectivity index (χ4v) is 4.57. The van der Waals surface area contributed by atoms with Gasteiger partial charge in [0.25, 0.3) is 5.91 Å². The smallest absolute Gasteiger partial charge is 0.265 e. The molecule has 1 aliphatic rings. The second-order valence-electron chi connectivity index (χ2n) is 6.06. The largest absolute Gasteiger partial charge is 0.495 e. The van der Waals surface area contributed by atoms with Gasteiger partial charge in [-0.05, 0) is 56.5 Å². The summed E-state index contributed by atoms with van der Waals surface area (Å²) in [6, 6.07) is 6.27. The van der Waals surface area contributed by atoms with Crippen molar-refractivity contribution < 1.29 is 17.9 Å². The van der Waals surface area contributed by atoms with Crippen LogP contribution in [0.4, 0.5) is 5.69 Å². The van der Waals surface area contributed by atoms with Crippen LogP contribution in [0.25, 0.3) is 0 Å². The van der Waals surface area contributed by atoms with E-state index in [1.165, 1.54) is 30.6 Å². The summed E-state index contributed by atoms with van der Waals surface area (Å²) in [6.45, 7) is 3.90. The zero-order chi connectivity index (χ0) is 18.2. The van der Waals surface area contributed by atoms with Crippen molar-refractivity contribution in [3.63, 3.8) is 0 Å². The fraction of sp³-hybridized carbons (Fsp3) is 0.353. The third-order valence-corrected chi connectivity index (χ3v) is 6.69. The second-order valence-corrected chi connectivity index (χ2v) is 9.03. The van der Waals surface area contributed by atoms with Gasteiger partial charge in [-0.15, -0.1) is 11.3 Å². The number of ether oxygens (including phenoxy) is 1. The molecule has 1 heterocycles. The number of benzene rings is 1. The van der Waals surface area contributed by atoms with E-state index in [0.29, 0.717) is 16.3 Å². The highest BCUT2D eigenvalue weighted by Crippen LogP contribution is 2.30. The van der Waals surface area contributed by atoms with Crippen LogP contribution in [0.3, 0.4) is 0 Å². The third-order valence-electron chi connectivity index (χ3n) is 4.02. The van der Waals surface area contributed by atoms with Gasteiger partial charge in [0.1, 0.15) is 5.75 Å². The standard InChI is InChI=1S/C17H20N2O4S2/c1-10-8-16(24-11(10)2)17(20)18-14-9-13(6-7-15(14)23-3)25(21,22)19-12-4-5-12/h6-9,12,19H,4-5H2,1-3H3,(H,18,20). The quantitative estimate of drug-likeness (QED) is 0.807. The van der Waals surface area contributed by atoms with E-state index in [4.69, 9.17) is 4.74 Å². The van der Waals surface area contributed by atoms with Gasteiger partial charge in [-0.1, -0.05) is 0 Å². The van der Waals surface area contributed by atoms with Crippen LogP contribution in [0.5, 0.6) is 5.75 Å². The third kappa shape index (κ3) is 4.02. The molecule has 2 aromatic rings. The maximum Gasteiger partial charge on any atom is 0.265 e. The van der Waals surface area contributed by atoms with Crippen molar-refractivity contribution in [2.24, 2.45) is 0 Å². The molecule has 1 saturated carbocycles. The average Bonchev–Trinajstić information content (AvgIpc) is 3.30. The summed E-state index contributed by atoms with van der Waals surface area (Å²) in [6.07, 6.45) is 1.71. The zero-order valence-electron chi connectivity index (χ0n) is 14.3. The lowest BCUT2D eigenvalue weighted by Gasteiger charge is -2.12. The van der Waals surface area contributed by atoms with Gasteiger partial charge in [0.2, 0.25) is 10.0 Å². The number of hydrogen-bond acceptors (Lipinski definition) is 5. The van der Waals surface area contributed by atoms with Crippen molar-refractivity contribution in [2.75, 3.05) is 12.4 Å². The van der Waals surface area contributed by atoms with E-state index >= 15 is 0 Å². The highest BCUT2D eigenvalue weighted by molar-refractivity contribution is 7.89. The van der Waals surface area contributed by atoms with Gasteiger partial charge in [-0.3, -0.25) is 4.79 Å². The van der Waals surface area contributed by atoms with Crippen LogP contribution in [-0.2, 0) is 10.0 Å². The van der Waals surface area contributed by atoms with E-state index in [0.717, 1.165) is 23.3 Å². The predicted molar refractivity (Wildman–Crippen MR) is 98.1 cm³/mol. The zero-order valence-corrected chi connectivity index (χ0v) is 15.9. The molecule has 0 aliphatic heterocycles. The van der Waals surface area contributed by atoms with E-state index in [9.17, 15) is 13.2 Å². The summed E-state index contributed by atoms with van der Waals surface area (Å²) in [7, 11) is -2.13. The van der Waals surface area contributed by atoms with Crippen molar-refractivity contribution in [1.29, 1.82) is 0 Å². The monoisotopic (exact) mass is 380 g/mol. The summed E-state index contributed by atoms with van der Waals surface area (Å²) >= 11 is 1.40. The first-order valence-corrected chi connectivity index (χ1v) is 10.2. The lowest BCUT2D eigenvalue weighted by atomic mass is 10.2. The van der Waals surface area contributed by atoms with Crippen LogP contribution in [0, 0.1) is 13.8 Å². The molecule has 2 N–H and O–H groups in total. The average molecular weight is 380 g/mol. The second kappa shape index (κ2) is 6.78. The van der Waals surface area contributed by atoms with Crippen molar-refractivity contribution in [3.8, 4) is 5.75 Å². The van der Waals surface area contributed by atoms with E-state index < -0.39 is 10.0 Å². The summed E-state index contributed by atoms with van der Waals surface area (Å²) < 4.78 is 32.6. The Morgan fingerprint density at radius 2 is 1.96 bits per heavy atom. The minimum Gasteiger partial charge on any atom is -0.495 e. The van der Waals surface area contributed by atoms with E-state index in [1.807, 2.05) is 19.9 Å². The molecule has 134 valence electrons. The fourth-order valence-electron chi connectivity index (χ4n) is 2.31. The van der Waals surface area contributed by atoms with Gasteiger partial charge in [-0.2, -0.15) is 0 Å². The maximum absolute atomic E-state index is 12.5. The van der Waals surface area contributed by atoms with Crippen molar-refractivity contribution in [2.45, 2.75) is 37.6 Å². The van der Waals surface area contributed by atoms with Crippen LogP contribution in [0.2, 0.25) is 0 Å². The maximum atomic E-state index is 12.5. The van der Waals surface area contributed by atoms with Gasteiger partial charge in [0, 0.05) is 10.9 Å². The summed E-state index contributed by atoms with van der Waals surface area (Å²) in [4.78, 5) is 14.2. The van der Waals surface area contributed by atoms with Crippen molar-refractivity contribution in [1.82, 2.24) is 4.72 Å². The van der Waals surface area contributed by atoms with Gasteiger partial charge < -0.3 is 10.1 Å². The van der Waals surface area contributed by atoms with Gasteiger partial charge in [0.15, 0.2) is 0 Å². The lowest BCUT2D eigenvalue weighted by molar-refractivity contribution is 0.103. The van der Waals surface area contributed by atoms with Gasteiger partial charge in [-0.25, -0.2) is 13.1 Å². The molecule has 6 nitrogen and oxygen atoms in total. The first-order valence-electron chi connectivity index (χ1n) is 7.89. The Bertz CT molecular complexity index is 895. The lowest BCUT2D eigenvalue weighted by Crippen LogP contribution is -2.25. The molecule has 0 unspecified atom stereocenters. The molecule has 25 heavy (non-hydrogen) atoms. The number of amides is 1. The number of aryl methyl sites for hydroxylation is 2. The first kappa shape index (κ1) is 17.9. The van der Waals surface area contributed by atoms with Crippen molar-refractivity contribution >= 4 is 33.0 Å². The highest BCUT2D eigenvalue weighted by atomic mass is 32.2. The minimum absolute atomic E-state index is 0.0159. The normalized spacial score (nSPS) is 14.4. The molecule has 1 amide bonds. The molecular weight excluding hydrogens is 360 g/mol. The molecule has 1 aromatic heterocycles. The molecule has 8 heteroatoms. The number of hydrogen-bond donors (Lipinski definition) is 2. The number of rotatable bonds is 6. The summed E-state index contributed by atoms with van der Waals surface area (Å²) in [5.74, 6) is 0.118. The molecular formula is C17H20N2O4S2. The van der Waals surface area contributed by atoms with Crippen molar-refractivity contribution in [3.05, 3.63) is 39.6 Å². The number of carbonyl (C=O) groups excluding carboxylic acids is 1. The number of anilines is 1. The number of sulfonamides is 1. The Kier molecular flexibility index (Phi) is 4.86. The molecule has 0 bridgehead atoms. The Hall–Kier alpha value is -1.90. The Balaban J connectivity index is 1.88. The van der Waals surface area contributed by atoms with Gasteiger partial charge in [0.05, 0.1) is 22.6 Å². The van der Waals surface area contributed by atoms with E-state index in [1.54, 1.807) is 6.07 Å². The highest BCUT2D eigenvalue weighted by Gasteiger charge is 2.28. The van der Waals surface area contributed by atoms with Crippen LogP contribution in [0.1, 0.15) is 33.0 Å². The van der Waals surface area contributed by atoms with Crippen LogP contribution in [-0.4, -0.2) is 27.5 Å². The summed E-state index contributed by atoms with van der Waals surface area (Å²) in [5, 5.41) is 2.75. The Morgan fingerprint density at radius 1 is 1.24 bits per heavy atom. The molecule has 0 spiro atoms. The molecule has 1 aliphatic carbocycles. The summed E-state index contributed by atoms with van der Waals surface area (Å²) in [5.41, 5.74) is 1.38. The number of thiophene rings is 1. The molecule has 1 aromatic carbocycles. The predicted octanol–water partition coefficient (Wildman–Crippen LogP) is 3.07. The first-order chi connectivity index (χ1) is 11.8. The van der Waals surface area contributed by atoms with Gasteiger partial charge >= 0.3 is 0 Å². The Labute approximate surface area is 151 Å². The number of carbonyl (C=O) groups is 1. The van der Waals surface area contributed by atoms with E-state index in [-0.39, 0.29) is 16.8 Å². The van der Waals surface area contributed by atoms with Crippen LogP contribution < -0.4 is 14.8 Å². The molecule has 0 saturated heterocycles. The van der Waals surface area contributed by atoms with Crippen LogP contribution >= 0.6 is 11.3 Å². The molecule has 3 rings (SSSR count).